The summed E-state index contributed by atoms with van der Waals surface area (Å²) in [5, 5.41) is 57.5. The van der Waals surface area contributed by atoms with Crippen molar-refractivity contribution in [2.24, 2.45) is 17.8 Å². The first-order valence-corrected chi connectivity index (χ1v) is 30.5. The van der Waals surface area contributed by atoms with Gasteiger partial charge in [-0.3, -0.25) is 23.2 Å². The highest BCUT2D eigenvalue weighted by molar-refractivity contribution is 7.61. The lowest BCUT2D eigenvalue weighted by Crippen LogP contribution is -2.52. The van der Waals surface area contributed by atoms with Crippen LogP contribution in [0.5, 0.6) is 0 Å². The smallest absolute Gasteiger partial charge is 0.462 e. The fourth-order valence-electron chi connectivity index (χ4n) is 9.13. The molecule has 0 aromatic carbocycles. The molecule has 3 rings (SSSR count). The first kappa shape index (κ1) is 66.4. The fraction of sp³-hybridized carbons (Fsp3) is 0.808. The van der Waals surface area contributed by atoms with E-state index in [0.29, 0.717) is 25.7 Å². The minimum Gasteiger partial charge on any atom is -0.462 e. The highest BCUT2D eigenvalue weighted by Gasteiger charge is 2.45. The number of allylic oxidation sites excluding steroid dienone is 2. The van der Waals surface area contributed by atoms with E-state index in [1.54, 1.807) is 12.2 Å². The molecule has 1 aromatic rings. The minimum absolute atomic E-state index is 0.00419. The van der Waals surface area contributed by atoms with E-state index >= 15 is 0 Å². The van der Waals surface area contributed by atoms with Gasteiger partial charge in [-0.1, -0.05) is 154 Å². The molecule has 432 valence electrons. The molecule has 0 saturated carbocycles. The van der Waals surface area contributed by atoms with Crippen molar-refractivity contribution >= 4 is 33.4 Å². The number of phosphoric acid groups is 2. The largest absolute Gasteiger partial charge is 0.481 e. The molecule has 21 nitrogen and oxygen atoms in total. The Bertz CT molecular complexity index is 1990. The number of carbonyl (C=O) groups is 2. The molecular formula is C52H91N3O18P2. The van der Waals surface area contributed by atoms with Gasteiger partial charge in [-0.15, -0.1) is 0 Å². The Hall–Kier alpha value is -2.88. The lowest BCUT2D eigenvalue weighted by Gasteiger charge is -2.40. The minimum atomic E-state index is -5.71. The maximum Gasteiger partial charge on any atom is 0.481 e. The summed E-state index contributed by atoms with van der Waals surface area (Å²) >= 11 is 0. The molecule has 3 heterocycles. The number of hydrogen-bond donors (Lipinski definition) is 8. The molecule has 9 N–H and O–H groups in total. The van der Waals surface area contributed by atoms with Crippen molar-refractivity contribution in [2.75, 3.05) is 25.6 Å². The first-order valence-electron chi connectivity index (χ1n) is 27.5. The molecule has 23 heteroatoms. The summed E-state index contributed by atoms with van der Waals surface area (Å²) in [6.07, 6.45) is 13.7. The van der Waals surface area contributed by atoms with Gasteiger partial charge in [-0.2, -0.15) is 9.29 Å². The van der Waals surface area contributed by atoms with Crippen molar-refractivity contribution in [3.8, 4) is 0 Å². The summed E-state index contributed by atoms with van der Waals surface area (Å²) in [5.41, 5.74) is 4.79. The number of ether oxygens (including phenoxy) is 3. The van der Waals surface area contributed by atoms with Crippen LogP contribution in [0.3, 0.4) is 0 Å². The van der Waals surface area contributed by atoms with E-state index in [1.807, 2.05) is 6.92 Å². The van der Waals surface area contributed by atoms with E-state index in [-0.39, 0.29) is 31.5 Å². The molecule has 2 aliphatic rings. The Morgan fingerprint density at radius 3 is 2.04 bits per heavy atom. The Labute approximate surface area is 443 Å². The predicted octanol–water partition coefficient (Wildman–Crippen LogP) is 8.02. The van der Waals surface area contributed by atoms with Gasteiger partial charge in [-0.25, -0.2) is 13.9 Å². The number of hydrogen-bond acceptors (Lipinski definition) is 18. The summed E-state index contributed by atoms with van der Waals surface area (Å²) in [7, 11) is -11.3. The van der Waals surface area contributed by atoms with Crippen molar-refractivity contribution in [3.05, 3.63) is 47.1 Å². The monoisotopic (exact) mass is 1110 g/mol. The van der Waals surface area contributed by atoms with Gasteiger partial charge in [0, 0.05) is 37.3 Å². The Morgan fingerprint density at radius 1 is 0.827 bits per heavy atom. The number of anilines is 1. The quantitative estimate of drug-likeness (QED) is 0.0199. The van der Waals surface area contributed by atoms with Crippen LogP contribution in [-0.4, -0.2) is 119 Å². The summed E-state index contributed by atoms with van der Waals surface area (Å²) in [6.45, 7) is 3.82. The number of fused-ring (bicyclic) bond motifs is 3. The van der Waals surface area contributed by atoms with Gasteiger partial charge in [0.25, 0.3) is 0 Å². The van der Waals surface area contributed by atoms with Crippen molar-refractivity contribution in [1.29, 1.82) is 0 Å². The van der Waals surface area contributed by atoms with Gasteiger partial charge in [0.1, 0.15) is 30.9 Å². The van der Waals surface area contributed by atoms with E-state index in [2.05, 4.69) is 23.1 Å². The molecule has 1 saturated heterocycles. The van der Waals surface area contributed by atoms with Gasteiger partial charge < -0.3 is 55.3 Å². The molecule has 75 heavy (non-hydrogen) atoms. The second-order valence-electron chi connectivity index (χ2n) is 20.5. The van der Waals surface area contributed by atoms with Crippen LogP contribution in [0, 0.1) is 17.8 Å². The zero-order valence-corrected chi connectivity index (χ0v) is 46.4. The van der Waals surface area contributed by atoms with Crippen LogP contribution in [0.1, 0.15) is 188 Å². The second kappa shape index (κ2) is 36.3. The van der Waals surface area contributed by atoms with Gasteiger partial charge >= 0.3 is 33.3 Å². The molecule has 0 radical (unpaired) electrons. The summed E-state index contributed by atoms with van der Waals surface area (Å²) < 4.78 is 59.2. The Morgan fingerprint density at radius 2 is 1.43 bits per heavy atom. The van der Waals surface area contributed by atoms with Gasteiger partial charge in [0.05, 0.1) is 37.6 Å². The number of aliphatic hydroxyl groups excluding tert-OH is 5. The highest BCUT2D eigenvalue weighted by atomic mass is 31.3. The number of nitrogens with zero attached hydrogens (tertiary/aromatic N) is 2. The first-order chi connectivity index (χ1) is 35.7. The van der Waals surface area contributed by atoms with E-state index in [9.17, 15) is 58.8 Å². The molecule has 2 bridgehead atoms. The van der Waals surface area contributed by atoms with Crippen molar-refractivity contribution in [1.82, 2.24) is 9.55 Å². The van der Waals surface area contributed by atoms with Crippen LogP contribution in [0.15, 0.2) is 41.4 Å². The maximum atomic E-state index is 13.4. The molecule has 12 atom stereocenters. The standard InChI is InChI=1S/C52H91N3O18P2/c1-4-5-20-26-39(56)30-31-41-43(57)34-44(58)42-27-22-18-19-23-28-47(59)68-35-40(71-48(60)29-24-17-15-13-11-9-7-6-8-10-12-14-16-21-25-38(2)3)36-69-74(64,65)73-75(66,67)70-37-45(50(62)49(41)61)72-51(42)55-33-32-46(53)54-52(55)63/h18,22,30-33,38-45,49-51,56-58,61-62H,4-17,19-21,23-29,34-37H2,1-3H3,(H,64,65)(H,66,67)(H2,53,54,63)/b22-18-,31-30+/t39-,40+,41-,42-,43+,44-,45+,49-,50+,51+/m0/s1. The van der Waals surface area contributed by atoms with Crippen molar-refractivity contribution < 1.29 is 81.6 Å². The van der Waals surface area contributed by atoms with Crippen LogP contribution in [0.2, 0.25) is 0 Å². The number of phosphoric ester groups is 2. The second-order valence-corrected chi connectivity index (χ2v) is 23.6. The number of carbonyl (C=O) groups excluding carboxylic acids is 2. The van der Waals surface area contributed by atoms with E-state index < -0.39 is 120 Å². The third-order valence-electron chi connectivity index (χ3n) is 13.5. The zero-order valence-electron chi connectivity index (χ0n) is 44.6. The van der Waals surface area contributed by atoms with E-state index in [1.165, 1.54) is 88.6 Å². The van der Waals surface area contributed by atoms with Gasteiger partial charge in [-0.05, 0) is 44.1 Å². The lowest BCUT2D eigenvalue weighted by atomic mass is 9.82. The number of nitrogens with two attached hydrogens (primary N) is 1. The molecule has 0 amide bonds. The number of rotatable bonds is 25. The van der Waals surface area contributed by atoms with Crippen LogP contribution < -0.4 is 11.4 Å². The average molecular weight is 1110 g/mol. The van der Waals surface area contributed by atoms with E-state index in [4.69, 9.17) is 29.0 Å². The molecule has 1 aromatic heterocycles. The number of esters is 2. The highest BCUT2D eigenvalue weighted by Crippen LogP contribution is 2.60. The lowest BCUT2D eigenvalue weighted by molar-refractivity contribution is -0.194. The summed E-state index contributed by atoms with van der Waals surface area (Å²) in [6, 6.07) is 1.25. The molecular weight excluding hydrogens is 1020 g/mol. The van der Waals surface area contributed by atoms with E-state index in [0.717, 1.165) is 49.0 Å². The third-order valence-corrected chi connectivity index (χ3v) is 16.1. The Balaban J connectivity index is 1.75. The fourth-order valence-corrected chi connectivity index (χ4v) is 11.2. The summed E-state index contributed by atoms with van der Waals surface area (Å²) in [5.74, 6) is -3.36. The van der Waals surface area contributed by atoms with Gasteiger partial charge in [0.2, 0.25) is 0 Å². The summed E-state index contributed by atoms with van der Waals surface area (Å²) in [4.78, 5) is 64.3. The number of aromatic nitrogens is 2. The normalized spacial score (nSPS) is 30.1. The SMILES string of the molecule is CCCCC[C@H](O)/C=C/[C@@H]1[C@H](O)[C@H](O)[C@H]2COP(=O)(O)OP(=O)(O)OC[C@H](OC(=O)CCCCCCCCCCCCCCCCC(C)C)COC(=O)CCC/C=C\C[C@H]([C@H](n3ccc(N)nc3=O)O2)[C@@H](O)C[C@H]1O. The number of cyclic esters (lactones) is 1. The van der Waals surface area contributed by atoms with Crippen LogP contribution in [0.4, 0.5) is 5.82 Å². The van der Waals surface area contributed by atoms with Crippen molar-refractivity contribution in [3.63, 3.8) is 0 Å². The predicted molar refractivity (Wildman–Crippen MR) is 282 cm³/mol. The molecule has 1 fully saturated rings. The average Bonchev–Trinajstić information content (AvgIpc) is 3.33. The molecule has 0 spiro atoms. The topological polar surface area (TPSA) is 326 Å². The van der Waals surface area contributed by atoms with Crippen LogP contribution in [0.25, 0.3) is 0 Å². The maximum absolute atomic E-state index is 13.4. The molecule has 0 aliphatic carbocycles. The Kier molecular flexibility index (Phi) is 32.2. The third kappa shape index (κ3) is 27.5. The number of aliphatic hydroxyl groups is 5. The number of nitrogen functional groups attached to an aromatic ring is 1. The van der Waals surface area contributed by atoms with Gasteiger partial charge in [0.15, 0.2) is 6.10 Å². The molecule has 2 unspecified atom stereocenters. The number of unbranched alkanes of at least 4 members (excludes halogenated alkanes) is 15. The van der Waals surface area contributed by atoms with Crippen molar-refractivity contribution in [2.45, 2.75) is 230 Å². The van der Waals surface area contributed by atoms with Crippen LogP contribution in [-0.2, 0) is 46.3 Å². The van der Waals surface area contributed by atoms with Crippen LogP contribution >= 0.6 is 15.6 Å². The zero-order chi connectivity index (χ0) is 55.2. The molecule has 2 aliphatic heterocycles.